The highest BCUT2D eigenvalue weighted by Gasteiger charge is 2.44. The highest BCUT2D eigenvalue weighted by atomic mass is 16.5. The second-order valence-electron chi connectivity index (χ2n) is 3.17. The lowest BCUT2D eigenvalue weighted by molar-refractivity contribution is -0.162. The van der Waals surface area contributed by atoms with E-state index in [1.807, 2.05) is 0 Å². The van der Waals surface area contributed by atoms with Crippen LogP contribution in [-0.4, -0.2) is 31.9 Å². The summed E-state index contributed by atoms with van der Waals surface area (Å²) in [5.41, 5.74) is 0. The van der Waals surface area contributed by atoms with Gasteiger partial charge in [0, 0.05) is 5.92 Å². The van der Waals surface area contributed by atoms with Crippen molar-refractivity contribution in [1.29, 1.82) is 0 Å². The van der Waals surface area contributed by atoms with Crippen molar-refractivity contribution in [2.75, 3.05) is 14.2 Å². The Morgan fingerprint density at radius 1 is 1.00 bits per heavy atom. The van der Waals surface area contributed by atoms with Crippen LogP contribution in [0, 0.1) is 11.8 Å². The van der Waals surface area contributed by atoms with Crippen molar-refractivity contribution in [1.82, 2.24) is 0 Å². The Balaban J connectivity index is 2.58. The molecule has 78 valence electrons. The van der Waals surface area contributed by atoms with Gasteiger partial charge in [0.2, 0.25) is 5.78 Å². The molecule has 0 radical (unpaired) electrons. The summed E-state index contributed by atoms with van der Waals surface area (Å²) in [6.45, 7) is 0. The molecule has 0 aromatic rings. The van der Waals surface area contributed by atoms with Gasteiger partial charge in [-0.25, -0.2) is 4.79 Å². The van der Waals surface area contributed by atoms with Crippen LogP contribution >= 0.6 is 0 Å². The molecular weight excluding hydrogens is 188 g/mol. The molecule has 0 unspecified atom stereocenters. The summed E-state index contributed by atoms with van der Waals surface area (Å²) in [6.07, 6.45) is 1.15. The van der Waals surface area contributed by atoms with Crippen molar-refractivity contribution in [3.63, 3.8) is 0 Å². The third-order valence-corrected chi connectivity index (χ3v) is 2.50. The van der Waals surface area contributed by atoms with Crippen LogP contribution in [-0.2, 0) is 23.9 Å². The fraction of sp³-hybridized carbons (Fsp3) is 0.667. The topological polar surface area (TPSA) is 69.7 Å². The second-order valence-corrected chi connectivity index (χ2v) is 3.17. The molecule has 14 heavy (non-hydrogen) atoms. The van der Waals surface area contributed by atoms with Crippen LogP contribution in [0.15, 0.2) is 0 Å². The minimum absolute atomic E-state index is 0.432. The summed E-state index contributed by atoms with van der Waals surface area (Å²) < 4.78 is 8.79. The van der Waals surface area contributed by atoms with Crippen LogP contribution in [0.1, 0.15) is 12.8 Å². The van der Waals surface area contributed by atoms with Crippen LogP contribution in [0.2, 0.25) is 0 Å². The lowest BCUT2D eigenvalue weighted by Crippen LogP contribution is -2.42. The molecule has 0 spiro atoms. The first kappa shape index (κ1) is 10.7. The number of hydrogen-bond donors (Lipinski definition) is 0. The molecule has 0 bridgehead atoms. The zero-order valence-corrected chi connectivity index (χ0v) is 8.11. The van der Waals surface area contributed by atoms with E-state index in [9.17, 15) is 14.4 Å². The Morgan fingerprint density at radius 3 is 1.93 bits per heavy atom. The maximum atomic E-state index is 11.3. The molecule has 1 saturated carbocycles. The predicted octanol–water partition coefficient (Wildman–Crippen LogP) is -0.0723. The van der Waals surface area contributed by atoms with E-state index in [2.05, 4.69) is 9.47 Å². The highest BCUT2D eigenvalue weighted by Crippen LogP contribution is 2.35. The molecular formula is C9H12O5. The fourth-order valence-corrected chi connectivity index (χ4v) is 1.50. The average Bonchev–Trinajstić information content (AvgIpc) is 2.14. The number of carbonyl (C=O) groups excluding carboxylic acids is 3. The van der Waals surface area contributed by atoms with Crippen molar-refractivity contribution in [2.24, 2.45) is 11.8 Å². The molecule has 0 aromatic carbocycles. The third kappa shape index (κ3) is 1.76. The Hall–Kier alpha value is -1.39. The van der Waals surface area contributed by atoms with E-state index in [-0.39, 0.29) is 0 Å². The lowest BCUT2D eigenvalue weighted by atomic mass is 9.71. The molecule has 1 fully saturated rings. The number of hydrogen-bond acceptors (Lipinski definition) is 5. The van der Waals surface area contributed by atoms with Gasteiger partial charge in [0.15, 0.2) is 0 Å². The summed E-state index contributed by atoms with van der Waals surface area (Å²) in [5, 5.41) is 0. The van der Waals surface area contributed by atoms with Crippen molar-refractivity contribution < 1.29 is 23.9 Å². The summed E-state index contributed by atoms with van der Waals surface area (Å²) in [7, 11) is 2.41. The molecule has 5 nitrogen and oxygen atoms in total. The van der Waals surface area contributed by atoms with Gasteiger partial charge in [-0.1, -0.05) is 0 Å². The first-order valence-corrected chi connectivity index (χ1v) is 4.31. The van der Waals surface area contributed by atoms with Crippen LogP contribution in [0.4, 0.5) is 0 Å². The van der Waals surface area contributed by atoms with E-state index < -0.39 is 29.6 Å². The summed E-state index contributed by atoms with van der Waals surface area (Å²) in [4.78, 5) is 33.3. The molecule has 0 aromatic heterocycles. The van der Waals surface area contributed by atoms with Crippen LogP contribution < -0.4 is 0 Å². The summed E-state index contributed by atoms with van der Waals surface area (Å²) in [6, 6.07) is 0. The van der Waals surface area contributed by atoms with Crippen molar-refractivity contribution in [3.8, 4) is 0 Å². The number of carbonyl (C=O) groups is 3. The Kier molecular flexibility index (Phi) is 3.22. The Bertz CT molecular complexity index is 270. The van der Waals surface area contributed by atoms with Crippen molar-refractivity contribution >= 4 is 17.7 Å². The normalized spacial score (nSPS) is 24.7. The first-order valence-electron chi connectivity index (χ1n) is 4.31. The van der Waals surface area contributed by atoms with Crippen LogP contribution in [0.5, 0.6) is 0 Å². The minimum atomic E-state index is -0.886. The first-order chi connectivity index (χ1) is 6.61. The molecule has 0 amide bonds. The summed E-state index contributed by atoms with van der Waals surface area (Å²) in [5.74, 6) is -2.96. The van der Waals surface area contributed by atoms with Gasteiger partial charge in [-0.3, -0.25) is 9.59 Å². The van der Waals surface area contributed by atoms with E-state index in [0.29, 0.717) is 12.8 Å². The molecule has 1 rings (SSSR count). The number of ether oxygens (including phenoxy) is 2. The molecule has 1 aliphatic rings. The Labute approximate surface area is 81.4 Å². The van der Waals surface area contributed by atoms with E-state index in [1.165, 1.54) is 7.11 Å². The quantitative estimate of drug-likeness (QED) is 0.471. The maximum absolute atomic E-state index is 11.3. The van der Waals surface area contributed by atoms with Gasteiger partial charge >= 0.3 is 11.9 Å². The number of ketones is 1. The van der Waals surface area contributed by atoms with Crippen molar-refractivity contribution in [3.05, 3.63) is 0 Å². The Morgan fingerprint density at radius 2 is 1.57 bits per heavy atom. The predicted molar refractivity (Wildman–Crippen MR) is 45.3 cm³/mol. The van der Waals surface area contributed by atoms with Gasteiger partial charge in [-0.2, -0.15) is 0 Å². The summed E-state index contributed by atoms with van der Waals surface area (Å²) >= 11 is 0. The SMILES string of the molecule is COC(=O)C(=O)[C@H]1CC[C@H]1C(=O)OC. The van der Waals surface area contributed by atoms with Crippen LogP contribution in [0.3, 0.4) is 0 Å². The standard InChI is InChI=1S/C9H12O5/c1-13-8(11)6-4-3-5(6)7(10)9(12)14-2/h5-6H,3-4H2,1-2H3/t5-,6+/m0/s1. The average molecular weight is 200 g/mol. The minimum Gasteiger partial charge on any atom is -0.469 e. The van der Waals surface area contributed by atoms with Gasteiger partial charge in [-0.05, 0) is 12.8 Å². The molecule has 1 aliphatic carbocycles. The molecule has 0 saturated heterocycles. The van der Waals surface area contributed by atoms with Gasteiger partial charge in [0.05, 0.1) is 20.1 Å². The molecule has 0 aliphatic heterocycles. The zero-order valence-electron chi connectivity index (χ0n) is 8.11. The van der Waals surface area contributed by atoms with E-state index in [1.54, 1.807) is 0 Å². The molecule has 2 atom stereocenters. The largest absolute Gasteiger partial charge is 0.469 e. The third-order valence-electron chi connectivity index (χ3n) is 2.50. The van der Waals surface area contributed by atoms with Crippen molar-refractivity contribution in [2.45, 2.75) is 12.8 Å². The number of esters is 2. The highest BCUT2D eigenvalue weighted by molar-refractivity contribution is 6.35. The van der Waals surface area contributed by atoms with E-state index >= 15 is 0 Å². The lowest BCUT2D eigenvalue weighted by Gasteiger charge is -2.31. The second kappa shape index (κ2) is 4.21. The molecule has 0 heterocycles. The number of rotatable bonds is 3. The fourth-order valence-electron chi connectivity index (χ4n) is 1.50. The van der Waals surface area contributed by atoms with E-state index in [4.69, 9.17) is 0 Å². The van der Waals surface area contributed by atoms with E-state index in [0.717, 1.165) is 7.11 Å². The molecule has 5 heteroatoms. The number of methoxy groups -OCH3 is 2. The smallest absolute Gasteiger partial charge is 0.374 e. The van der Waals surface area contributed by atoms with Gasteiger partial charge in [0.1, 0.15) is 0 Å². The monoisotopic (exact) mass is 200 g/mol. The van der Waals surface area contributed by atoms with Gasteiger partial charge in [0.25, 0.3) is 0 Å². The maximum Gasteiger partial charge on any atom is 0.374 e. The zero-order chi connectivity index (χ0) is 10.7. The van der Waals surface area contributed by atoms with Gasteiger partial charge in [-0.15, -0.1) is 0 Å². The van der Waals surface area contributed by atoms with Crippen LogP contribution in [0.25, 0.3) is 0 Å². The van der Waals surface area contributed by atoms with Gasteiger partial charge < -0.3 is 9.47 Å². The molecule has 0 N–H and O–H groups in total. The number of Topliss-reactive ketones (excluding diaryl/α,β-unsaturated/α-hetero) is 1.